The fourth-order valence-electron chi connectivity index (χ4n) is 1.51. The van der Waals surface area contributed by atoms with Gasteiger partial charge in [0, 0.05) is 12.6 Å². The number of hydrogen-bond acceptors (Lipinski definition) is 4. The number of aliphatic hydroxyl groups excluding tert-OH is 1. The molecule has 102 valence electrons. The van der Waals surface area contributed by atoms with Gasteiger partial charge in [-0.05, 0) is 32.6 Å². The van der Waals surface area contributed by atoms with Crippen molar-refractivity contribution in [2.75, 3.05) is 13.2 Å². The van der Waals surface area contributed by atoms with Gasteiger partial charge in [-0.1, -0.05) is 13.8 Å². The molecule has 2 N–H and O–H groups in total. The minimum atomic E-state index is -0.657. The van der Waals surface area contributed by atoms with Crippen molar-refractivity contribution in [1.29, 1.82) is 0 Å². The number of carbonyl (C=O) groups is 1. The van der Waals surface area contributed by atoms with E-state index in [1.165, 1.54) is 6.42 Å². The first kappa shape index (κ1) is 16.4. The van der Waals surface area contributed by atoms with Gasteiger partial charge in [0.25, 0.3) is 0 Å². The molecule has 0 radical (unpaired) electrons. The van der Waals surface area contributed by atoms with Gasteiger partial charge in [0.05, 0.1) is 19.1 Å². The number of aliphatic hydroxyl groups is 1. The Morgan fingerprint density at radius 1 is 1.29 bits per heavy atom. The topological polar surface area (TPSA) is 58.6 Å². The number of rotatable bonds is 9. The average Bonchev–Trinajstić information content (AvgIpc) is 2.23. The second kappa shape index (κ2) is 9.42. The van der Waals surface area contributed by atoms with E-state index in [1.54, 1.807) is 6.92 Å². The Bertz CT molecular complexity index is 207. The standard InChI is InChI=1S/C13H27NO3/c1-5-17-13(16)8-12(15)9-14-11(4)7-6-10(2)3/h10-12,14-15H,5-9H2,1-4H3. The molecule has 0 saturated heterocycles. The second-order valence-electron chi connectivity index (χ2n) is 4.94. The zero-order valence-electron chi connectivity index (χ0n) is 11.5. The quantitative estimate of drug-likeness (QED) is 0.607. The van der Waals surface area contributed by atoms with Crippen molar-refractivity contribution in [2.24, 2.45) is 5.92 Å². The summed E-state index contributed by atoms with van der Waals surface area (Å²) in [4.78, 5) is 11.1. The molecule has 0 spiro atoms. The Labute approximate surface area is 105 Å². The van der Waals surface area contributed by atoms with Crippen LogP contribution >= 0.6 is 0 Å². The summed E-state index contributed by atoms with van der Waals surface area (Å²) in [6.45, 7) is 9.06. The molecule has 0 rings (SSSR count). The smallest absolute Gasteiger partial charge is 0.308 e. The van der Waals surface area contributed by atoms with E-state index in [0.717, 1.165) is 6.42 Å². The molecule has 0 aromatic carbocycles. The number of nitrogens with one attached hydrogen (secondary N) is 1. The van der Waals surface area contributed by atoms with Gasteiger partial charge in [-0.15, -0.1) is 0 Å². The van der Waals surface area contributed by atoms with Crippen LogP contribution in [0.4, 0.5) is 0 Å². The molecule has 0 amide bonds. The molecule has 17 heavy (non-hydrogen) atoms. The Hall–Kier alpha value is -0.610. The maximum absolute atomic E-state index is 11.1. The number of ether oxygens (including phenoxy) is 1. The number of carbonyl (C=O) groups excluding carboxylic acids is 1. The molecular formula is C13H27NO3. The van der Waals surface area contributed by atoms with E-state index in [0.29, 0.717) is 25.1 Å². The van der Waals surface area contributed by atoms with E-state index < -0.39 is 6.10 Å². The summed E-state index contributed by atoms with van der Waals surface area (Å²) in [5.41, 5.74) is 0. The van der Waals surface area contributed by atoms with E-state index in [2.05, 4.69) is 26.1 Å². The van der Waals surface area contributed by atoms with Crippen LogP contribution in [-0.4, -0.2) is 36.4 Å². The van der Waals surface area contributed by atoms with E-state index in [1.807, 2.05) is 0 Å². The van der Waals surface area contributed by atoms with Crippen LogP contribution < -0.4 is 5.32 Å². The summed E-state index contributed by atoms with van der Waals surface area (Å²) in [6, 6.07) is 0.370. The van der Waals surface area contributed by atoms with E-state index in [4.69, 9.17) is 4.74 Å². The molecule has 0 fully saturated rings. The lowest BCUT2D eigenvalue weighted by atomic mass is 10.0. The van der Waals surface area contributed by atoms with Gasteiger partial charge in [-0.25, -0.2) is 0 Å². The number of esters is 1. The second-order valence-corrected chi connectivity index (χ2v) is 4.94. The summed E-state index contributed by atoms with van der Waals surface area (Å²) in [7, 11) is 0. The van der Waals surface area contributed by atoms with Crippen LogP contribution in [0.3, 0.4) is 0 Å². The molecule has 0 aliphatic carbocycles. The SMILES string of the molecule is CCOC(=O)CC(O)CNC(C)CCC(C)C. The van der Waals surface area contributed by atoms with Gasteiger partial charge in [0.2, 0.25) is 0 Å². The minimum Gasteiger partial charge on any atom is -0.466 e. The average molecular weight is 245 g/mol. The Kier molecular flexibility index (Phi) is 9.09. The third-order valence-corrected chi connectivity index (χ3v) is 2.59. The van der Waals surface area contributed by atoms with Crippen LogP contribution in [0.15, 0.2) is 0 Å². The number of hydrogen-bond donors (Lipinski definition) is 2. The highest BCUT2D eigenvalue weighted by molar-refractivity contribution is 5.69. The van der Waals surface area contributed by atoms with Crippen LogP contribution in [0.25, 0.3) is 0 Å². The van der Waals surface area contributed by atoms with Crippen molar-refractivity contribution in [3.63, 3.8) is 0 Å². The molecule has 4 heteroatoms. The lowest BCUT2D eigenvalue weighted by Gasteiger charge is -2.17. The maximum atomic E-state index is 11.1. The van der Waals surface area contributed by atoms with Crippen molar-refractivity contribution in [1.82, 2.24) is 5.32 Å². The third-order valence-electron chi connectivity index (χ3n) is 2.59. The molecule has 0 aliphatic heterocycles. The summed E-state index contributed by atoms with van der Waals surface area (Å²) in [6.07, 6.45) is 1.67. The monoisotopic (exact) mass is 245 g/mol. The normalized spacial score (nSPS) is 14.7. The molecule has 0 saturated carbocycles. The predicted molar refractivity (Wildman–Crippen MR) is 68.8 cm³/mol. The fourth-order valence-corrected chi connectivity index (χ4v) is 1.51. The van der Waals surface area contributed by atoms with Gasteiger partial charge >= 0.3 is 5.97 Å². The molecule has 0 aliphatic rings. The Balaban J connectivity index is 3.61. The first-order valence-corrected chi connectivity index (χ1v) is 6.52. The summed E-state index contributed by atoms with van der Waals surface area (Å²) in [5, 5.41) is 12.8. The van der Waals surface area contributed by atoms with Crippen molar-refractivity contribution < 1.29 is 14.6 Å². The highest BCUT2D eigenvalue weighted by Crippen LogP contribution is 2.06. The Morgan fingerprint density at radius 2 is 1.94 bits per heavy atom. The van der Waals surface area contributed by atoms with Crippen molar-refractivity contribution in [2.45, 2.75) is 59.1 Å². The molecule has 2 unspecified atom stereocenters. The lowest BCUT2D eigenvalue weighted by Crippen LogP contribution is -2.35. The highest BCUT2D eigenvalue weighted by atomic mass is 16.5. The summed E-state index contributed by atoms with van der Waals surface area (Å²) < 4.78 is 4.77. The van der Waals surface area contributed by atoms with Crippen LogP contribution in [0.5, 0.6) is 0 Å². The molecule has 4 nitrogen and oxygen atoms in total. The van der Waals surface area contributed by atoms with Gasteiger partial charge < -0.3 is 15.2 Å². The maximum Gasteiger partial charge on any atom is 0.308 e. The lowest BCUT2D eigenvalue weighted by molar-refractivity contribution is -0.145. The van der Waals surface area contributed by atoms with Gasteiger partial charge in [0.15, 0.2) is 0 Å². The molecule has 0 aromatic heterocycles. The van der Waals surface area contributed by atoms with E-state index in [-0.39, 0.29) is 12.4 Å². The van der Waals surface area contributed by atoms with Crippen molar-refractivity contribution in [3.8, 4) is 0 Å². The van der Waals surface area contributed by atoms with Gasteiger partial charge in [0.1, 0.15) is 0 Å². The largest absolute Gasteiger partial charge is 0.466 e. The zero-order chi connectivity index (χ0) is 13.3. The Morgan fingerprint density at radius 3 is 2.47 bits per heavy atom. The minimum absolute atomic E-state index is 0.0672. The van der Waals surface area contributed by atoms with Crippen LogP contribution in [0, 0.1) is 5.92 Å². The predicted octanol–water partition coefficient (Wildman–Crippen LogP) is 1.71. The zero-order valence-corrected chi connectivity index (χ0v) is 11.5. The fraction of sp³-hybridized carbons (Fsp3) is 0.923. The highest BCUT2D eigenvalue weighted by Gasteiger charge is 2.12. The van der Waals surface area contributed by atoms with E-state index >= 15 is 0 Å². The molecule has 2 atom stereocenters. The summed E-state index contributed by atoms with van der Waals surface area (Å²) in [5.74, 6) is 0.361. The summed E-state index contributed by atoms with van der Waals surface area (Å²) >= 11 is 0. The third kappa shape index (κ3) is 10.3. The first-order valence-electron chi connectivity index (χ1n) is 6.52. The van der Waals surface area contributed by atoms with Crippen LogP contribution in [0.2, 0.25) is 0 Å². The molecular weight excluding hydrogens is 218 g/mol. The van der Waals surface area contributed by atoms with Crippen LogP contribution in [0.1, 0.15) is 47.0 Å². The van der Waals surface area contributed by atoms with E-state index in [9.17, 15) is 9.90 Å². The first-order chi connectivity index (χ1) is 7.95. The van der Waals surface area contributed by atoms with Crippen molar-refractivity contribution >= 4 is 5.97 Å². The molecule has 0 aromatic rings. The van der Waals surface area contributed by atoms with Gasteiger partial charge in [-0.3, -0.25) is 4.79 Å². The van der Waals surface area contributed by atoms with Crippen molar-refractivity contribution in [3.05, 3.63) is 0 Å². The van der Waals surface area contributed by atoms with Gasteiger partial charge in [-0.2, -0.15) is 0 Å². The van der Waals surface area contributed by atoms with Crippen LogP contribution in [-0.2, 0) is 9.53 Å². The molecule has 0 heterocycles. The molecule has 0 bridgehead atoms.